The summed E-state index contributed by atoms with van der Waals surface area (Å²) in [6.45, 7) is 6.12. The average Bonchev–Trinajstić information content (AvgIpc) is 3.38. The van der Waals surface area contributed by atoms with Crippen LogP contribution in [0.1, 0.15) is 4.79 Å². The van der Waals surface area contributed by atoms with Gasteiger partial charge in [0.05, 0.1) is 24.2 Å². The van der Waals surface area contributed by atoms with E-state index in [1.807, 2.05) is 28.5 Å². The van der Waals surface area contributed by atoms with Crippen LogP contribution in [-0.4, -0.2) is 41.8 Å². The summed E-state index contributed by atoms with van der Waals surface area (Å²) in [5.74, 6) is 0.305. The number of hydrogen-bond donors (Lipinski definition) is 0. The number of hydrogen-bond acceptors (Lipinski definition) is 7. The largest absolute Gasteiger partial charge is 0.439 e. The summed E-state index contributed by atoms with van der Waals surface area (Å²) in [5.41, 5.74) is 3.56. The van der Waals surface area contributed by atoms with Crippen molar-refractivity contribution in [2.24, 2.45) is 0 Å². The zero-order valence-corrected chi connectivity index (χ0v) is 16.3. The molecule has 0 radical (unpaired) electrons. The number of carbonyl (C=O) groups excluding carboxylic acids is 1. The molecule has 0 amide bonds. The minimum atomic E-state index is -0.249. The van der Waals surface area contributed by atoms with E-state index >= 15 is 0 Å². The van der Waals surface area contributed by atoms with E-state index in [1.54, 1.807) is 6.07 Å². The summed E-state index contributed by atoms with van der Waals surface area (Å²) in [7, 11) is 0. The van der Waals surface area contributed by atoms with Crippen LogP contribution < -0.4 is 10.3 Å². The molecule has 0 atom stereocenters. The van der Waals surface area contributed by atoms with E-state index in [0.717, 1.165) is 11.1 Å². The molecule has 1 aromatic carbocycles. The minimum absolute atomic E-state index is 0.0584. The first-order chi connectivity index (χ1) is 14.2. The Kier molecular flexibility index (Phi) is 4.30. The maximum atomic E-state index is 12.7. The molecule has 0 unspecified atom stereocenters. The number of imidazole rings is 1. The fourth-order valence-electron chi connectivity index (χ4n) is 3.52. The highest BCUT2D eigenvalue weighted by atomic mass is 32.1. The van der Waals surface area contributed by atoms with Gasteiger partial charge in [-0.05, 0) is 23.8 Å². The first kappa shape index (κ1) is 17.8. The Morgan fingerprint density at radius 2 is 2.07 bits per heavy atom. The second-order valence-corrected chi connectivity index (χ2v) is 7.60. The summed E-state index contributed by atoms with van der Waals surface area (Å²) in [5, 5.41) is 1.91. The van der Waals surface area contributed by atoms with Gasteiger partial charge in [0, 0.05) is 30.1 Å². The van der Waals surface area contributed by atoms with Crippen molar-refractivity contribution in [2.45, 2.75) is 0 Å². The van der Waals surface area contributed by atoms with Gasteiger partial charge in [0.15, 0.2) is 11.5 Å². The van der Waals surface area contributed by atoms with E-state index in [-0.39, 0.29) is 11.3 Å². The molecule has 0 saturated carbocycles. The molecule has 1 saturated heterocycles. The third-order valence-corrected chi connectivity index (χ3v) is 6.00. The standard InChI is InChI=1S/C21H17N3O4S/c1-2-18(26)24-12-22-15-4-3-13(9-16(15)24)14-11-29-21-17(25)10-19(28-20(14)21)23-5-7-27-8-6-23/h2-4,9-12H,1,5-8H2. The van der Waals surface area contributed by atoms with Crippen LogP contribution in [0.2, 0.25) is 0 Å². The van der Waals surface area contributed by atoms with E-state index < -0.39 is 0 Å². The number of rotatable bonds is 3. The van der Waals surface area contributed by atoms with Crippen LogP contribution in [0.15, 0.2) is 57.8 Å². The molecule has 29 heavy (non-hydrogen) atoms. The van der Waals surface area contributed by atoms with Gasteiger partial charge < -0.3 is 14.1 Å². The number of carbonyl (C=O) groups is 1. The third kappa shape index (κ3) is 2.97. The van der Waals surface area contributed by atoms with Crippen molar-refractivity contribution in [3.05, 3.63) is 58.9 Å². The molecule has 146 valence electrons. The number of allylic oxidation sites excluding steroid dienone is 1. The second kappa shape index (κ2) is 6.98. The zero-order valence-electron chi connectivity index (χ0n) is 15.5. The monoisotopic (exact) mass is 407 g/mol. The Labute approximate surface area is 169 Å². The van der Waals surface area contributed by atoms with Crippen molar-refractivity contribution < 1.29 is 13.9 Å². The number of benzene rings is 1. The summed E-state index contributed by atoms with van der Waals surface area (Å²) < 4.78 is 13.6. The molecule has 0 bridgehead atoms. The van der Waals surface area contributed by atoms with Crippen molar-refractivity contribution in [1.29, 1.82) is 0 Å². The van der Waals surface area contributed by atoms with Crippen LogP contribution in [0, 0.1) is 0 Å². The lowest BCUT2D eigenvalue weighted by molar-refractivity contribution is 0.0973. The Morgan fingerprint density at radius 1 is 1.24 bits per heavy atom. The Hall–Kier alpha value is -3.23. The molecule has 4 heterocycles. The highest BCUT2D eigenvalue weighted by Crippen LogP contribution is 2.35. The van der Waals surface area contributed by atoms with E-state index in [1.165, 1.54) is 28.3 Å². The van der Waals surface area contributed by atoms with Crippen molar-refractivity contribution in [3.8, 4) is 11.1 Å². The molecule has 7 nitrogen and oxygen atoms in total. The summed E-state index contributed by atoms with van der Waals surface area (Å²) >= 11 is 1.36. The van der Waals surface area contributed by atoms with Crippen LogP contribution in [0.25, 0.3) is 32.4 Å². The molecule has 1 fully saturated rings. The highest BCUT2D eigenvalue weighted by Gasteiger charge is 2.19. The number of thiophene rings is 1. The molecule has 0 N–H and O–H groups in total. The van der Waals surface area contributed by atoms with Gasteiger partial charge in [-0.3, -0.25) is 14.2 Å². The van der Waals surface area contributed by atoms with Gasteiger partial charge in [-0.15, -0.1) is 11.3 Å². The molecule has 5 rings (SSSR count). The van der Waals surface area contributed by atoms with Crippen LogP contribution in [0.5, 0.6) is 0 Å². The maximum Gasteiger partial charge on any atom is 0.255 e. The van der Waals surface area contributed by atoms with Crippen LogP contribution in [-0.2, 0) is 4.74 Å². The maximum absolute atomic E-state index is 12.7. The highest BCUT2D eigenvalue weighted by molar-refractivity contribution is 7.17. The lowest BCUT2D eigenvalue weighted by atomic mass is 10.1. The van der Waals surface area contributed by atoms with Crippen LogP contribution in [0.3, 0.4) is 0 Å². The van der Waals surface area contributed by atoms with Crippen molar-refractivity contribution in [2.75, 3.05) is 31.2 Å². The SMILES string of the molecule is C=CC(=O)n1cnc2ccc(-c3csc4c(=O)cc(N5CCOCC5)oc34)cc21. The van der Waals surface area contributed by atoms with Crippen molar-refractivity contribution >= 4 is 44.4 Å². The summed E-state index contributed by atoms with van der Waals surface area (Å²) in [6, 6.07) is 7.20. The zero-order chi connectivity index (χ0) is 20.0. The summed E-state index contributed by atoms with van der Waals surface area (Å²) in [6.07, 6.45) is 2.74. The molecule has 3 aromatic heterocycles. The topological polar surface area (TPSA) is 77.6 Å². The van der Waals surface area contributed by atoms with Gasteiger partial charge in [0.2, 0.25) is 5.43 Å². The fourth-order valence-corrected chi connectivity index (χ4v) is 4.43. The molecule has 1 aliphatic rings. The van der Waals surface area contributed by atoms with Gasteiger partial charge in [-0.25, -0.2) is 4.98 Å². The first-order valence-electron chi connectivity index (χ1n) is 9.18. The third-order valence-electron chi connectivity index (χ3n) is 5.02. The number of nitrogens with zero attached hydrogens (tertiary/aromatic N) is 3. The Morgan fingerprint density at radius 3 is 2.86 bits per heavy atom. The average molecular weight is 407 g/mol. The van der Waals surface area contributed by atoms with Gasteiger partial charge in [-0.1, -0.05) is 12.6 Å². The predicted molar refractivity (Wildman–Crippen MR) is 113 cm³/mol. The molecular formula is C21H17N3O4S. The van der Waals surface area contributed by atoms with Gasteiger partial charge in [0.25, 0.3) is 5.91 Å². The smallest absolute Gasteiger partial charge is 0.255 e. The summed E-state index contributed by atoms with van der Waals surface area (Å²) in [4.78, 5) is 31.0. The number of anilines is 1. The van der Waals surface area contributed by atoms with Gasteiger partial charge in [-0.2, -0.15) is 0 Å². The fraction of sp³-hybridized carbons (Fsp3) is 0.190. The van der Waals surface area contributed by atoms with E-state index in [0.29, 0.717) is 53.5 Å². The molecule has 0 spiro atoms. The number of aromatic nitrogens is 2. The molecule has 1 aliphatic heterocycles. The lowest BCUT2D eigenvalue weighted by Gasteiger charge is -2.27. The molecule has 4 aromatic rings. The Bertz CT molecular complexity index is 1310. The normalized spacial score (nSPS) is 14.6. The number of ether oxygens (including phenoxy) is 1. The Balaban J connectivity index is 1.66. The minimum Gasteiger partial charge on any atom is -0.439 e. The van der Waals surface area contributed by atoms with Crippen molar-refractivity contribution in [3.63, 3.8) is 0 Å². The van der Waals surface area contributed by atoms with Crippen LogP contribution in [0.4, 0.5) is 5.88 Å². The predicted octanol–water partition coefficient (Wildman–Crippen LogP) is 3.53. The molecule has 0 aliphatic carbocycles. The first-order valence-corrected chi connectivity index (χ1v) is 10.1. The second-order valence-electron chi connectivity index (χ2n) is 6.72. The van der Waals surface area contributed by atoms with E-state index in [2.05, 4.69) is 11.6 Å². The van der Waals surface area contributed by atoms with Crippen LogP contribution >= 0.6 is 11.3 Å². The number of morpholine rings is 1. The number of fused-ring (bicyclic) bond motifs is 2. The quantitative estimate of drug-likeness (QED) is 0.484. The molecule has 8 heteroatoms. The van der Waals surface area contributed by atoms with E-state index in [9.17, 15) is 9.59 Å². The lowest BCUT2D eigenvalue weighted by Crippen LogP contribution is -2.36. The van der Waals surface area contributed by atoms with Gasteiger partial charge in [0.1, 0.15) is 11.0 Å². The van der Waals surface area contributed by atoms with Crippen molar-refractivity contribution in [1.82, 2.24) is 9.55 Å². The van der Waals surface area contributed by atoms with Gasteiger partial charge >= 0.3 is 0 Å². The molecular weight excluding hydrogens is 390 g/mol. The van der Waals surface area contributed by atoms with E-state index in [4.69, 9.17) is 9.15 Å².